The number of nitrogens with one attached hydrogen (secondary N) is 1. The largest absolute Gasteiger partial charge is 0.467 e. The van der Waals surface area contributed by atoms with Crippen LogP contribution in [0.5, 0.6) is 0 Å². The number of methoxy groups -OCH3 is 1. The Morgan fingerprint density at radius 1 is 1.47 bits per heavy atom. The highest BCUT2D eigenvalue weighted by molar-refractivity contribution is 8.00. The third kappa shape index (κ3) is 4.58. The van der Waals surface area contributed by atoms with Crippen molar-refractivity contribution in [3.63, 3.8) is 0 Å². The maximum Gasteiger partial charge on any atom is 0.328 e. The molecule has 0 bridgehead atoms. The zero-order valence-electron chi connectivity index (χ0n) is 10.7. The van der Waals surface area contributed by atoms with Gasteiger partial charge in [-0.25, -0.2) is 4.79 Å². The molecule has 1 aliphatic heterocycles. The van der Waals surface area contributed by atoms with Crippen molar-refractivity contribution in [1.29, 1.82) is 0 Å². The average Bonchev–Trinajstić information content (AvgIpc) is 2.79. The normalized spacial score (nSPS) is 21.3. The van der Waals surface area contributed by atoms with E-state index in [9.17, 15) is 9.59 Å². The van der Waals surface area contributed by atoms with Crippen molar-refractivity contribution in [2.75, 3.05) is 12.9 Å². The molecule has 2 atom stereocenters. The molecule has 1 unspecified atom stereocenters. The number of amides is 1. The van der Waals surface area contributed by atoms with E-state index in [-0.39, 0.29) is 17.1 Å². The lowest BCUT2D eigenvalue weighted by Crippen LogP contribution is -2.45. The van der Waals surface area contributed by atoms with E-state index in [1.54, 1.807) is 11.8 Å². The minimum atomic E-state index is -0.506. The summed E-state index contributed by atoms with van der Waals surface area (Å²) in [4.78, 5) is 23.5. The third-order valence-corrected chi connectivity index (χ3v) is 4.11. The van der Waals surface area contributed by atoms with Gasteiger partial charge in [-0.15, -0.1) is 11.8 Å². The second kappa shape index (κ2) is 6.89. The molecule has 98 valence electrons. The number of rotatable bonds is 5. The molecule has 1 saturated heterocycles. The van der Waals surface area contributed by atoms with Crippen LogP contribution in [0.25, 0.3) is 0 Å². The average molecular weight is 259 g/mol. The predicted octanol–water partition coefficient (Wildman–Crippen LogP) is 1.59. The summed E-state index contributed by atoms with van der Waals surface area (Å²) in [5.41, 5.74) is 0. The third-order valence-electron chi connectivity index (χ3n) is 2.73. The van der Waals surface area contributed by atoms with Crippen molar-refractivity contribution in [3.8, 4) is 0 Å². The van der Waals surface area contributed by atoms with E-state index in [2.05, 4.69) is 5.32 Å². The van der Waals surface area contributed by atoms with Gasteiger partial charge in [-0.05, 0) is 30.9 Å². The van der Waals surface area contributed by atoms with E-state index >= 15 is 0 Å². The van der Waals surface area contributed by atoms with Crippen molar-refractivity contribution >= 4 is 23.6 Å². The number of carbonyl (C=O) groups is 2. The Balaban J connectivity index is 2.52. The van der Waals surface area contributed by atoms with Gasteiger partial charge in [0.05, 0.1) is 12.4 Å². The Hall–Kier alpha value is -0.710. The Morgan fingerprint density at radius 3 is 2.65 bits per heavy atom. The second-order valence-electron chi connectivity index (χ2n) is 4.72. The van der Waals surface area contributed by atoms with E-state index < -0.39 is 6.04 Å². The molecule has 1 fully saturated rings. The van der Waals surface area contributed by atoms with Gasteiger partial charge in [-0.1, -0.05) is 13.8 Å². The van der Waals surface area contributed by atoms with Gasteiger partial charge in [-0.2, -0.15) is 0 Å². The molecule has 0 radical (unpaired) electrons. The SMILES string of the molecule is COC(=O)[C@H](CC(C)C)NC(=O)C1CCCS1. The quantitative estimate of drug-likeness (QED) is 0.762. The van der Waals surface area contributed by atoms with Crippen LogP contribution in [0.4, 0.5) is 0 Å². The summed E-state index contributed by atoms with van der Waals surface area (Å²) < 4.78 is 4.72. The van der Waals surface area contributed by atoms with Crippen LogP contribution in [0.2, 0.25) is 0 Å². The smallest absolute Gasteiger partial charge is 0.328 e. The topological polar surface area (TPSA) is 55.4 Å². The molecule has 0 aromatic rings. The van der Waals surface area contributed by atoms with Crippen LogP contribution in [-0.2, 0) is 14.3 Å². The van der Waals surface area contributed by atoms with E-state index in [1.165, 1.54) is 7.11 Å². The van der Waals surface area contributed by atoms with Crippen molar-refractivity contribution in [3.05, 3.63) is 0 Å². The van der Waals surface area contributed by atoms with Gasteiger partial charge in [0.15, 0.2) is 0 Å². The molecule has 1 heterocycles. The van der Waals surface area contributed by atoms with Crippen molar-refractivity contribution in [2.24, 2.45) is 5.92 Å². The highest BCUT2D eigenvalue weighted by Crippen LogP contribution is 2.26. The first-order valence-corrected chi connectivity index (χ1v) is 7.09. The highest BCUT2D eigenvalue weighted by Gasteiger charge is 2.28. The number of hydrogen-bond donors (Lipinski definition) is 1. The van der Waals surface area contributed by atoms with Gasteiger partial charge in [0.2, 0.25) is 5.91 Å². The zero-order chi connectivity index (χ0) is 12.8. The van der Waals surface area contributed by atoms with Gasteiger partial charge >= 0.3 is 5.97 Å². The minimum Gasteiger partial charge on any atom is -0.467 e. The molecular weight excluding hydrogens is 238 g/mol. The molecule has 0 aliphatic carbocycles. The van der Waals surface area contributed by atoms with E-state index in [0.717, 1.165) is 18.6 Å². The monoisotopic (exact) mass is 259 g/mol. The number of carbonyl (C=O) groups excluding carboxylic acids is 2. The van der Waals surface area contributed by atoms with Gasteiger partial charge in [0, 0.05) is 0 Å². The minimum absolute atomic E-state index is 0.00863. The molecule has 17 heavy (non-hydrogen) atoms. The van der Waals surface area contributed by atoms with E-state index in [1.807, 2.05) is 13.8 Å². The lowest BCUT2D eigenvalue weighted by atomic mass is 10.0. The van der Waals surface area contributed by atoms with Gasteiger partial charge in [-0.3, -0.25) is 4.79 Å². The number of thioether (sulfide) groups is 1. The molecule has 0 aromatic heterocycles. The predicted molar refractivity (Wildman–Crippen MR) is 68.9 cm³/mol. The number of ether oxygens (including phenoxy) is 1. The summed E-state index contributed by atoms with van der Waals surface area (Å²) in [6.07, 6.45) is 2.61. The van der Waals surface area contributed by atoms with Crippen molar-refractivity contribution in [2.45, 2.75) is 44.4 Å². The van der Waals surface area contributed by atoms with Gasteiger partial charge in [0.25, 0.3) is 0 Å². The Morgan fingerprint density at radius 2 is 2.18 bits per heavy atom. The van der Waals surface area contributed by atoms with Crippen LogP contribution in [0.3, 0.4) is 0 Å². The molecule has 4 nitrogen and oxygen atoms in total. The summed E-state index contributed by atoms with van der Waals surface area (Å²) in [6, 6.07) is -0.506. The summed E-state index contributed by atoms with van der Waals surface area (Å²) in [5.74, 6) is 1.000. The first kappa shape index (κ1) is 14.4. The fraction of sp³-hybridized carbons (Fsp3) is 0.833. The summed E-state index contributed by atoms with van der Waals surface area (Å²) in [6.45, 7) is 4.04. The summed E-state index contributed by atoms with van der Waals surface area (Å²) in [5, 5.41) is 2.82. The van der Waals surface area contributed by atoms with Crippen molar-refractivity contribution in [1.82, 2.24) is 5.32 Å². The first-order chi connectivity index (χ1) is 8.04. The first-order valence-electron chi connectivity index (χ1n) is 6.04. The maximum atomic E-state index is 11.9. The van der Waals surface area contributed by atoms with E-state index in [0.29, 0.717) is 12.3 Å². The lowest BCUT2D eigenvalue weighted by Gasteiger charge is -2.20. The fourth-order valence-electron chi connectivity index (χ4n) is 1.88. The molecule has 0 saturated carbocycles. The molecule has 0 aromatic carbocycles. The number of hydrogen-bond acceptors (Lipinski definition) is 4. The Bertz CT molecular complexity index is 275. The van der Waals surface area contributed by atoms with Gasteiger partial charge in [0.1, 0.15) is 6.04 Å². The van der Waals surface area contributed by atoms with Crippen LogP contribution in [0, 0.1) is 5.92 Å². The Kier molecular flexibility index (Phi) is 5.82. The second-order valence-corrected chi connectivity index (χ2v) is 6.03. The summed E-state index contributed by atoms with van der Waals surface area (Å²) >= 11 is 1.67. The van der Waals surface area contributed by atoms with Crippen LogP contribution >= 0.6 is 11.8 Å². The van der Waals surface area contributed by atoms with Crippen LogP contribution in [-0.4, -0.2) is 36.0 Å². The molecular formula is C12H21NO3S. The van der Waals surface area contributed by atoms with Crippen LogP contribution in [0.1, 0.15) is 33.1 Å². The fourth-order valence-corrected chi connectivity index (χ4v) is 3.05. The maximum absolute atomic E-state index is 11.9. The summed E-state index contributed by atoms with van der Waals surface area (Å²) in [7, 11) is 1.35. The van der Waals surface area contributed by atoms with Crippen molar-refractivity contribution < 1.29 is 14.3 Å². The Labute approximate surface area is 107 Å². The molecule has 1 amide bonds. The molecule has 1 aliphatic rings. The standard InChI is InChI=1S/C12H21NO3S/c1-8(2)7-9(12(15)16-3)13-11(14)10-5-4-6-17-10/h8-10H,4-7H2,1-3H3,(H,13,14)/t9-,10?/m0/s1. The molecule has 5 heteroatoms. The zero-order valence-corrected chi connectivity index (χ0v) is 11.5. The molecule has 1 rings (SSSR count). The van der Waals surface area contributed by atoms with E-state index in [4.69, 9.17) is 4.74 Å². The van der Waals surface area contributed by atoms with Crippen LogP contribution < -0.4 is 5.32 Å². The lowest BCUT2D eigenvalue weighted by molar-refractivity contribution is -0.145. The highest BCUT2D eigenvalue weighted by atomic mass is 32.2. The van der Waals surface area contributed by atoms with Gasteiger partial charge < -0.3 is 10.1 Å². The number of esters is 1. The molecule has 0 spiro atoms. The molecule has 1 N–H and O–H groups in total. The van der Waals surface area contributed by atoms with Crippen LogP contribution in [0.15, 0.2) is 0 Å².